The van der Waals surface area contributed by atoms with Crippen LogP contribution >= 0.6 is 0 Å². The molecule has 0 unspecified atom stereocenters. The molecule has 178 valence electrons. The predicted octanol–water partition coefficient (Wildman–Crippen LogP) is 4.25. The van der Waals surface area contributed by atoms with Crippen molar-refractivity contribution in [3.8, 4) is 0 Å². The van der Waals surface area contributed by atoms with Crippen LogP contribution in [0.4, 0.5) is 0 Å². The third-order valence-corrected chi connectivity index (χ3v) is 10.8. The first-order chi connectivity index (χ1) is 15.5. The maximum Gasteiger partial charge on any atom is 0.333 e. The summed E-state index contributed by atoms with van der Waals surface area (Å²) in [6, 6.07) is 20.8. The normalized spacial score (nSPS) is 14.3. The van der Waals surface area contributed by atoms with Gasteiger partial charge in [-0.2, -0.15) is 0 Å². The molecule has 0 aliphatic rings. The van der Waals surface area contributed by atoms with Gasteiger partial charge in [-0.05, 0) is 28.4 Å². The Hall–Kier alpha value is -2.70. The van der Waals surface area contributed by atoms with E-state index in [1.807, 2.05) is 43.3 Å². The molecule has 0 bridgehead atoms. The van der Waals surface area contributed by atoms with E-state index in [0.717, 1.165) is 0 Å². The zero-order chi connectivity index (χ0) is 24.6. The number of benzene rings is 2. The molecule has 0 fully saturated rings. The van der Waals surface area contributed by atoms with Crippen LogP contribution in [-0.2, 0) is 23.5 Å². The Kier molecular flexibility index (Phi) is 9.20. The maximum absolute atomic E-state index is 11.9. The number of esters is 2. The van der Waals surface area contributed by atoms with Crippen molar-refractivity contribution >= 4 is 30.6 Å². The molecule has 0 radical (unpaired) electrons. The first-order valence-corrected chi connectivity index (χ1v) is 13.1. The van der Waals surface area contributed by atoms with Gasteiger partial charge in [-0.25, -0.2) is 4.79 Å². The van der Waals surface area contributed by atoms with Gasteiger partial charge in [0.1, 0.15) is 6.10 Å². The van der Waals surface area contributed by atoms with Crippen molar-refractivity contribution < 1.29 is 23.5 Å². The molecule has 0 aliphatic heterocycles. The number of ether oxygens (including phenoxy) is 2. The topological polar surface area (TPSA) is 61.8 Å². The summed E-state index contributed by atoms with van der Waals surface area (Å²) in [5, 5.41) is 2.20. The van der Waals surface area contributed by atoms with Crippen LogP contribution in [0.1, 0.15) is 41.5 Å². The average Bonchev–Trinajstić information content (AvgIpc) is 2.78. The number of hydrogen-bond donors (Lipinski definition) is 0. The first-order valence-electron chi connectivity index (χ1n) is 11.2. The Bertz CT molecular complexity index is 908. The van der Waals surface area contributed by atoms with Crippen LogP contribution < -0.4 is 10.4 Å². The first kappa shape index (κ1) is 26.5. The van der Waals surface area contributed by atoms with E-state index in [1.165, 1.54) is 24.4 Å². The summed E-state index contributed by atoms with van der Waals surface area (Å²) in [5.74, 6) is -1.05. The summed E-state index contributed by atoms with van der Waals surface area (Å²) in [4.78, 5) is 23.7. The molecule has 2 aromatic rings. The van der Waals surface area contributed by atoms with Gasteiger partial charge in [0.15, 0.2) is 0 Å². The molecular formula is C27H36O5Si. The zero-order valence-electron chi connectivity index (χ0n) is 20.8. The number of hydrogen-bond acceptors (Lipinski definition) is 5. The van der Waals surface area contributed by atoms with Crippen molar-refractivity contribution in [1.29, 1.82) is 0 Å². The molecule has 5 nitrogen and oxygen atoms in total. The lowest BCUT2D eigenvalue weighted by molar-refractivity contribution is -0.147. The van der Waals surface area contributed by atoms with Crippen molar-refractivity contribution in [2.45, 2.75) is 52.7 Å². The van der Waals surface area contributed by atoms with Gasteiger partial charge in [-0.3, -0.25) is 4.79 Å². The Morgan fingerprint density at radius 2 is 1.42 bits per heavy atom. The lowest BCUT2D eigenvalue weighted by atomic mass is 10.0. The van der Waals surface area contributed by atoms with E-state index in [-0.39, 0.29) is 11.0 Å². The fourth-order valence-electron chi connectivity index (χ4n) is 4.09. The van der Waals surface area contributed by atoms with Crippen LogP contribution in [0.3, 0.4) is 0 Å². The summed E-state index contributed by atoms with van der Waals surface area (Å²) in [5.41, 5.74) is 0.390. The van der Waals surface area contributed by atoms with Crippen LogP contribution in [0.2, 0.25) is 5.04 Å². The molecule has 2 aromatic carbocycles. The minimum atomic E-state index is -2.72. The van der Waals surface area contributed by atoms with E-state index < -0.39 is 26.4 Å². The quantitative estimate of drug-likeness (QED) is 0.313. The number of carbonyl (C=O) groups is 2. The molecule has 2 atom stereocenters. The molecule has 33 heavy (non-hydrogen) atoms. The molecule has 6 heteroatoms. The van der Waals surface area contributed by atoms with Gasteiger partial charge in [0.25, 0.3) is 8.32 Å². The fraction of sp³-hybridized carbons (Fsp3) is 0.407. The highest BCUT2D eigenvalue weighted by Crippen LogP contribution is 2.37. The minimum absolute atomic E-state index is 0.163. The number of carbonyl (C=O) groups excluding carboxylic acids is 2. The van der Waals surface area contributed by atoms with Crippen molar-refractivity contribution in [3.63, 3.8) is 0 Å². The Labute approximate surface area is 198 Å². The second kappa shape index (κ2) is 11.4. The van der Waals surface area contributed by atoms with Crippen molar-refractivity contribution in [2.75, 3.05) is 13.7 Å². The van der Waals surface area contributed by atoms with E-state index in [9.17, 15) is 9.59 Å². The van der Waals surface area contributed by atoms with E-state index in [0.29, 0.717) is 12.2 Å². The van der Waals surface area contributed by atoms with Gasteiger partial charge >= 0.3 is 11.9 Å². The van der Waals surface area contributed by atoms with Crippen LogP contribution in [0.25, 0.3) is 0 Å². The lowest BCUT2D eigenvalue weighted by Gasteiger charge is -2.43. The standard InChI is InChI=1S/C27H36O5Si/c1-20(26(29)30-7)18-25(32-22(3)28)21(2)19-31-33(27(4,5)6,23-14-10-8-11-15-23)24-16-12-9-13-17-24/h8-18,21,25H,19H2,1-7H3/b20-18+/t21-,25+/m1/s1. The summed E-state index contributed by atoms with van der Waals surface area (Å²) < 4.78 is 17.3. The molecule has 0 N–H and O–H groups in total. The van der Waals surface area contributed by atoms with Crippen molar-refractivity contribution in [1.82, 2.24) is 0 Å². The molecule has 0 aliphatic carbocycles. The highest BCUT2D eigenvalue weighted by atomic mass is 28.4. The minimum Gasteiger partial charge on any atom is -0.466 e. The molecule has 2 rings (SSSR count). The van der Waals surface area contributed by atoms with Gasteiger partial charge in [-0.15, -0.1) is 0 Å². The molecule has 0 aromatic heterocycles. The van der Waals surface area contributed by atoms with Crippen LogP contribution in [-0.4, -0.2) is 40.1 Å². The molecular weight excluding hydrogens is 432 g/mol. The predicted molar refractivity (Wildman–Crippen MR) is 134 cm³/mol. The second-order valence-electron chi connectivity index (χ2n) is 9.37. The van der Waals surface area contributed by atoms with Crippen LogP contribution in [0.15, 0.2) is 72.3 Å². The SMILES string of the molecule is COC(=O)/C(C)=C/[C@H](OC(C)=O)[C@H](C)CO[Si](c1ccccc1)(c1ccccc1)C(C)(C)C. The van der Waals surface area contributed by atoms with E-state index >= 15 is 0 Å². The summed E-state index contributed by atoms with van der Waals surface area (Å²) in [6.45, 7) is 12.0. The van der Waals surface area contributed by atoms with E-state index in [1.54, 1.807) is 13.0 Å². The fourth-order valence-corrected chi connectivity index (χ4v) is 8.76. The van der Waals surface area contributed by atoms with Gasteiger partial charge in [0, 0.05) is 25.0 Å². The zero-order valence-corrected chi connectivity index (χ0v) is 21.8. The smallest absolute Gasteiger partial charge is 0.333 e. The third-order valence-electron chi connectivity index (χ3n) is 5.76. The Morgan fingerprint density at radius 1 is 0.939 bits per heavy atom. The Balaban J connectivity index is 2.48. The van der Waals surface area contributed by atoms with Gasteiger partial charge in [0.2, 0.25) is 0 Å². The summed E-state index contributed by atoms with van der Waals surface area (Å²) in [7, 11) is -1.39. The Morgan fingerprint density at radius 3 is 1.82 bits per heavy atom. The average molecular weight is 469 g/mol. The van der Waals surface area contributed by atoms with Gasteiger partial charge in [0.05, 0.1) is 7.11 Å². The lowest BCUT2D eigenvalue weighted by Crippen LogP contribution is -2.67. The van der Waals surface area contributed by atoms with Gasteiger partial charge in [-0.1, -0.05) is 88.4 Å². The molecule has 0 saturated carbocycles. The van der Waals surface area contributed by atoms with Crippen LogP contribution in [0, 0.1) is 5.92 Å². The van der Waals surface area contributed by atoms with E-state index in [2.05, 4.69) is 45.0 Å². The van der Waals surface area contributed by atoms with E-state index in [4.69, 9.17) is 13.9 Å². The highest BCUT2D eigenvalue weighted by Gasteiger charge is 2.50. The largest absolute Gasteiger partial charge is 0.466 e. The number of methoxy groups -OCH3 is 1. The monoisotopic (exact) mass is 468 g/mol. The van der Waals surface area contributed by atoms with Crippen LogP contribution in [0.5, 0.6) is 0 Å². The van der Waals surface area contributed by atoms with Gasteiger partial charge < -0.3 is 13.9 Å². The molecule has 0 amide bonds. The summed E-state index contributed by atoms with van der Waals surface area (Å²) in [6.07, 6.45) is 1.03. The molecule has 0 saturated heterocycles. The van der Waals surface area contributed by atoms with Crippen molar-refractivity contribution in [2.24, 2.45) is 5.92 Å². The second-order valence-corrected chi connectivity index (χ2v) is 13.7. The maximum atomic E-state index is 11.9. The third kappa shape index (κ3) is 6.42. The number of rotatable bonds is 9. The summed E-state index contributed by atoms with van der Waals surface area (Å²) >= 11 is 0. The van der Waals surface area contributed by atoms with Crippen molar-refractivity contribution in [3.05, 3.63) is 72.3 Å². The molecule has 0 heterocycles. The molecule has 0 spiro atoms. The highest BCUT2D eigenvalue weighted by molar-refractivity contribution is 6.99.